The second kappa shape index (κ2) is 8.90. The zero-order valence-electron chi connectivity index (χ0n) is 17.7. The van der Waals surface area contributed by atoms with E-state index in [-0.39, 0.29) is 5.91 Å². The second-order valence-corrected chi connectivity index (χ2v) is 6.88. The molecule has 1 saturated heterocycles. The van der Waals surface area contributed by atoms with E-state index in [1.54, 1.807) is 23.0 Å². The summed E-state index contributed by atoms with van der Waals surface area (Å²) < 4.78 is 17.8. The molecule has 162 valence electrons. The molecule has 1 aliphatic rings. The molecule has 0 radical (unpaired) electrons. The molecular formula is C21H24N6O4. The molecule has 0 spiro atoms. The average Bonchev–Trinajstić information content (AvgIpc) is 3.38. The van der Waals surface area contributed by atoms with Gasteiger partial charge in [0.15, 0.2) is 17.3 Å². The van der Waals surface area contributed by atoms with E-state index in [1.807, 2.05) is 23.2 Å². The number of amides is 1. The van der Waals surface area contributed by atoms with Gasteiger partial charge >= 0.3 is 0 Å². The lowest BCUT2D eigenvalue weighted by Crippen LogP contribution is -2.49. The first-order chi connectivity index (χ1) is 15.1. The number of anilines is 1. The Morgan fingerprint density at radius 2 is 1.58 bits per heavy atom. The predicted octanol–water partition coefficient (Wildman–Crippen LogP) is 1.65. The highest BCUT2D eigenvalue weighted by atomic mass is 16.5. The molecule has 0 bridgehead atoms. The maximum atomic E-state index is 13.1. The first kappa shape index (κ1) is 20.5. The molecule has 1 aromatic carbocycles. The number of aromatic nitrogens is 4. The van der Waals surface area contributed by atoms with Crippen LogP contribution in [-0.4, -0.2) is 78.1 Å². The zero-order valence-corrected chi connectivity index (χ0v) is 17.7. The van der Waals surface area contributed by atoms with Crippen molar-refractivity contribution in [2.75, 3.05) is 52.4 Å². The molecule has 31 heavy (non-hydrogen) atoms. The van der Waals surface area contributed by atoms with Crippen LogP contribution in [0.4, 0.5) is 5.82 Å². The Balaban J connectivity index is 1.47. The van der Waals surface area contributed by atoms with E-state index >= 15 is 0 Å². The summed E-state index contributed by atoms with van der Waals surface area (Å²) in [4.78, 5) is 25.7. The van der Waals surface area contributed by atoms with E-state index in [0.717, 1.165) is 5.82 Å². The number of carbonyl (C=O) groups is 1. The first-order valence-electron chi connectivity index (χ1n) is 9.81. The van der Waals surface area contributed by atoms with Crippen LogP contribution in [-0.2, 0) is 0 Å². The van der Waals surface area contributed by atoms with Crippen molar-refractivity contribution in [3.63, 3.8) is 0 Å². The molecule has 1 amide bonds. The van der Waals surface area contributed by atoms with Gasteiger partial charge in [0.05, 0.1) is 21.3 Å². The molecule has 3 heterocycles. The number of piperazine rings is 1. The highest BCUT2D eigenvalue weighted by Gasteiger charge is 2.25. The summed E-state index contributed by atoms with van der Waals surface area (Å²) in [6.07, 6.45) is 5.06. The topological polar surface area (TPSA) is 94.8 Å². The molecule has 0 unspecified atom stereocenters. The molecular weight excluding hydrogens is 400 g/mol. The normalized spacial score (nSPS) is 13.8. The quantitative estimate of drug-likeness (QED) is 0.590. The third-order valence-electron chi connectivity index (χ3n) is 5.18. The van der Waals surface area contributed by atoms with Gasteiger partial charge in [0.1, 0.15) is 12.1 Å². The third kappa shape index (κ3) is 4.09. The lowest BCUT2D eigenvalue weighted by atomic mass is 10.1. The zero-order chi connectivity index (χ0) is 21.8. The van der Waals surface area contributed by atoms with Crippen molar-refractivity contribution >= 4 is 11.7 Å². The Bertz CT molecular complexity index is 1020. The Hall–Kier alpha value is -3.82. The SMILES string of the molecule is COc1cc(C(=O)N2CCN(c3cc(-n4cccn4)ncn3)CC2)cc(OC)c1OC. The van der Waals surface area contributed by atoms with Crippen molar-refractivity contribution in [1.82, 2.24) is 24.6 Å². The molecule has 10 heteroatoms. The summed E-state index contributed by atoms with van der Waals surface area (Å²) in [5.41, 5.74) is 0.492. The molecule has 2 aromatic heterocycles. The number of carbonyl (C=O) groups excluding carboxylic acids is 1. The first-order valence-corrected chi connectivity index (χ1v) is 9.81. The summed E-state index contributed by atoms with van der Waals surface area (Å²) in [5, 5.41) is 4.21. The maximum absolute atomic E-state index is 13.1. The van der Waals surface area contributed by atoms with Crippen molar-refractivity contribution in [1.29, 1.82) is 0 Å². The number of nitrogens with zero attached hydrogens (tertiary/aromatic N) is 6. The average molecular weight is 424 g/mol. The molecule has 1 aliphatic heterocycles. The number of rotatable bonds is 6. The smallest absolute Gasteiger partial charge is 0.254 e. The number of hydrogen-bond acceptors (Lipinski definition) is 8. The van der Waals surface area contributed by atoms with Gasteiger partial charge in [0.2, 0.25) is 5.75 Å². The van der Waals surface area contributed by atoms with Gasteiger partial charge in [-0.2, -0.15) is 5.10 Å². The Morgan fingerprint density at radius 1 is 0.903 bits per heavy atom. The van der Waals surface area contributed by atoms with Crippen molar-refractivity contribution in [3.05, 3.63) is 48.5 Å². The highest BCUT2D eigenvalue weighted by molar-refractivity contribution is 5.95. The molecule has 4 rings (SSSR count). The number of methoxy groups -OCH3 is 3. The van der Waals surface area contributed by atoms with Gasteiger partial charge in [0.25, 0.3) is 5.91 Å². The Labute approximate surface area is 180 Å². The van der Waals surface area contributed by atoms with Crippen LogP contribution in [0.3, 0.4) is 0 Å². The Kier molecular flexibility index (Phi) is 5.87. The summed E-state index contributed by atoms with van der Waals surface area (Å²) in [7, 11) is 4.60. The van der Waals surface area contributed by atoms with E-state index in [4.69, 9.17) is 14.2 Å². The monoisotopic (exact) mass is 424 g/mol. The van der Waals surface area contributed by atoms with Gasteiger partial charge < -0.3 is 24.0 Å². The minimum Gasteiger partial charge on any atom is -0.493 e. The minimum atomic E-state index is -0.0844. The number of benzene rings is 1. The van der Waals surface area contributed by atoms with E-state index in [2.05, 4.69) is 20.0 Å². The van der Waals surface area contributed by atoms with Crippen LogP contribution >= 0.6 is 0 Å². The number of hydrogen-bond donors (Lipinski definition) is 0. The number of ether oxygens (including phenoxy) is 3. The summed E-state index contributed by atoms with van der Waals surface area (Å²) >= 11 is 0. The van der Waals surface area contributed by atoms with Crippen LogP contribution in [0.2, 0.25) is 0 Å². The summed E-state index contributed by atoms with van der Waals surface area (Å²) in [5.74, 6) is 2.79. The molecule has 0 aliphatic carbocycles. The fraction of sp³-hybridized carbons (Fsp3) is 0.333. The van der Waals surface area contributed by atoms with Gasteiger partial charge in [-0.1, -0.05) is 0 Å². The van der Waals surface area contributed by atoms with Crippen molar-refractivity contribution in [3.8, 4) is 23.1 Å². The third-order valence-corrected chi connectivity index (χ3v) is 5.18. The van der Waals surface area contributed by atoms with Crippen molar-refractivity contribution in [2.24, 2.45) is 0 Å². The van der Waals surface area contributed by atoms with Crippen LogP contribution in [0.1, 0.15) is 10.4 Å². The molecule has 1 fully saturated rings. The highest BCUT2D eigenvalue weighted by Crippen LogP contribution is 2.38. The van der Waals surface area contributed by atoms with Gasteiger partial charge in [0, 0.05) is 50.2 Å². The van der Waals surface area contributed by atoms with Gasteiger partial charge in [-0.05, 0) is 18.2 Å². The fourth-order valence-corrected chi connectivity index (χ4v) is 3.57. The van der Waals surface area contributed by atoms with Crippen LogP contribution in [0.5, 0.6) is 17.2 Å². The van der Waals surface area contributed by atoms with E-state index in [0.29, 0.717) is 54.8 Å². The maximum Gasteiger partial charge on any atom is 0.254 e. The van der Waals surface area contributed by atoms with Gasteiger partial charge in [-0.15, -0.1) is 0 Å². The predicted molar refractivity (Wildman–Crippen MR) is 113 cm³/mol. The molecule has 3 aromatic rings. The lowest BCUT2D eigenvalue weighted by molar-refractivity contribution is 0.0745. The fourth-order valence-electron chi connectivity index (χ4n) is 3.57. The second-order valence-electron chi connectivity index (χ2n) is 6.88. The van der Waals surface area contributed by atoms with Crippen LogP contribution in [0.15, 0.2) is 43.0 Å². The molecule has 0 N–H and O–H groups in total. The summed E-state index contributed by atoms with van der Waals surface area (Å²) in [6, 6.07) is 7.09. The van der Waals surface area contributed by atoms with E-state index in [9.17, 15) is 4.79 Å². The van der Waals surface area contributed by atoms with Crippen LogP contribution in [0.25, 0.3) is 5.82 Å². The minimum absolute atomic E-state index is 0.0844. The van der Waals surface area contributed by atoms with Crippen LogP contribution < -0.4 is 19.1 Å². The molecule has 0 atom stereocenters. The van der Waals surface area contributed by atoms with Gasteiger partial charge in [-0.25, -0.2) is 14.6 Å². The van der Waals surface area contributed by atoms with E-state index in [1.165, 1.54) is 27.7 Å². The largest absolute Gasteiger partial charge is 0.493 e. The lowest BCUT2D eigenvalue weighted by Gasteiger charge is -2.35. The van der Waals surface area contributed by atoms with E-state index < -0.39 is 0 Å². The molecule has 0 saturated carbocycles. The summed E-state index contributed by atoms with van der Waals surface area (Å²) in [6.45, 7) is 2.45. The standard InChI is InChI=1S/C21H24N6O4/c1-29-16-11-15(12-17(30-2)20(16)31-3)21(28)26-9-7-25(8-10-26)18-13-19(23-14-22-18)27-6-4-5-24-27/h4-6,11-14H,7-10H2,1-3H3. The van der Waals surface area contributed by atoms with Crippen molar-refractivity contribution in [2.45, 2.75) is 0 Å². The van der Waals surface area contributed by atoms with Crippen LogP contribution in [0, 0.1) is 0 Å². The van der Waals surface area contributed by atoms with Crippen molar-refractivity contribution < 1.29 is 19.0 Å². The van der Waals surface area contributed by atoms with Gasteiger partial charge in [-0.3, -0.25) is 4.79 Å². The molecule has 10 nitrogen and oxygen atoms in total. The Morgan fingerprint density at radius 3 is 2.16 bits per heavy atom.